The summed E-state index contributed by atoms with van der Waals surface area (Å²) in [5.41, 5.74) is 2.55. The second-order valence-electron chi connectivity index (χ2n) is 12.4. The lowest BCUT2D eigenvalue weighted by Gasteiger charge is -1.98. The third kappa shape index (κ3) is 66.6. The lowest BCUT2D eigenvalue weighted by Crippen LogP contribution is -1.80. The maximum absolute atomic E-state index is 10.7. The van der Waals surface area contributed by atoms with Gasteiger partial charge < -0.3 is 4.89 Å². The fourth-order valence-electron chi connectivity index (χ4n) is 4.06. The van der Waals surface area contributed by atoms with Gasteiger partial charge >= 0.3 is 33.0 Å². The van der Waals surface area contributed by atoms with Gasteiger partial charge in [0.1, 0.15) is 0 Å². The van der Waals surface area contributed by atoms with Crippen LogP contribution in [0, 0.1) is 0 Å². The monoisotopic (exact) mass is 1220 g/mol. The molecule has 0 saturated carbocycles. The summed E-state index contributed by atoms with van der Waals surface area (Å²) in [4.78, 5) is 8.08. The predicted molar refractivity (Wildman–Crippen MR) is 346 cm³/mol. The fraction of sp³-hybridized carbons (Fsp3) is 0.323. The second-order valence-corrected chi connectivity index (χ2v) is 19.0. The lowest BCUT2D eigenvalue weighted by molar-refractivity contribution is 0.348. The second kappa shape index (κ2) is 72.2. The third-order valence-corrected chi connectivity index (χ3v) is 9.47. The van der Waals surface area contributed by atoms with Crippen molar-refractivity contribution >= 4 is 40.4 Å². The van der Waals surface area contributed by atoms with E-state index in [0.29, 0.717) is 23.0 Å². The standard InChI is InChI=1S/C12H10.4C7H8O3P.C6H6.C2H7O2P.7C2H6/c1-3-7-11(8-4-1)12-9-5-2-6-10-12;4*1-9-11(8)10-7-5-3-2-4-6-7;1-2-4-6-5-3-1;1-5(2,3)4;7*1-2/h1-10H;4*2-6H,1H3;1-6H;1-2H3,(H,3,4);7*1-2H3/q;4*+1;;;;;;;;;. The lowest BCUT2D eigenvalue weighted by atomic mass is 10.1. The van der Waals surface area contributed by atoms with Crippen molar-refractivity contribution in [3.05, 3.63) is 218 Å². The van der Waals surface area contributed by atoms with Gasteiger partial charge in [-0.15, -0.1) is 18.1 Å². The molecule has 0 fully saturated rings. The van der Waals surface area contributed by atoms with E-state index < -0.39 is 40.4 Å². The first-order valence-corrected chi connectivity index (χ1v) is 33.6. The Labute approximate surface area is 493 Å². The maximum atomic E-state index is 10.7. The van der Waals surface area contributed by atoms with Crippen LogP contribution in [0.15, 0.2) is 218 Å². The van der Waals surface area contributed by atoms with Crippen LogP contribution in [0.1, 0.15) is 96.9 Å². The topological polar surface area (TPSA) is 179 Å². The molecule has 4 unspecified atom stereocenters. The molecule has 0 saturated heterocycles. The van der Waals surface area contributed by atoms with Crippen molar-refractivity contribution in [2.45, 2.75) is 96.9 Å². The summed E-state index contributed by atoms with van der Waals surface area (Å²) in [6.07, 6.45) is 0. The molecule has 1 N–H and O–H groups in total. The van der Waals surface area contributed by atoms with Gasteiger partial charge in [-0.2, -0.15) is 0 Å². The SMILES string of the molecule is CC.CC.CC.CC.CC.CC.CC.CO[P+](=O)Oc1ccccc1.CO[P+](=O)Oc1ccccc1.CO[P+](=O)Oc1ccccc1.CO[P+](=O)Oc1ccccc1.CP(C)(=O)O.c1ccc(-c2ccccc2)cc1.c1ccccc1. The molecule has 0 spiro atoms. The van der Waals surface area contributed by atoms with E-state index in [2.05, 4.69) is 66.6 Å². The van der Waals surface area contributed by atoms with Crippen LogP contribution in [0.5, 0.6) is 23.0 Å². The summed E-state index contributed by atoms with van der Waals surface area (Å²) < 4.78 is 89.7. The van der Waals surface area contributed by atoms with Crippen molar-refractivity contribution in [1.82, 2.24) is 0 Å². The summed E-state index contributed by atoms with van der Waals surface area (Å²) in [6, 6.07) is 68.3. The molecule has 450 valence electrons. The largest absolute Gasteiger partial charge is 0.749 e. The van der Waals surface area contributed by atoms with E-state index in [1.165, 1.54) is 52.9 Å². The number of para-hydroxylation sites is 4. The Bertz CT molecular complexity index is 2090. The van der Waals surface area contributed by atoms with Crippen LogP contribution >= 0.6 is 40.4 Å². The first-order valence-electron chi connectivity index (χ1n) is 26.6. The maximum Gasteiger partial charge on any atom is 0.749 e. The van der Waals surface area contributed by atoms with Crippen LogP contribution in [-0.4, -0.2) is 46.7 Å². The molecule has 14 nitrogen and oxygen atoms in total. The van der Waals surface area contributed by atoms with Crippen molar-refractivity contribution in [3.63, 3.8) is 0 Å². The van der Waals surface area contributed by atoms with Crippen molar-refractivity contribution < 1.29 is 63.9 Å². The average molecular weight is 1220 g/mol. The molecule has 0 heterocycles. The molecule has 0 radical (unpaired) electrons. The molecule has 7 rings (SSSR count). The smallest absolute Gasteiger partial charge is 0.345 e. The van der Waals surface area contributed by atoms with Gasteiger partial charge in [-0.3, -0.25) is 4.57 Å². The van der Waals surface area contributed by atoms with Gasteiger partial charge in [0.15, 0.2) is 30.4 Å². The minimum Gasteiger partial charge on any atom is -0.345 e. The van der Waals surface area contributed by atoms with Crippen molar-refractivity contribution in [2.24, 2.45) is 0 Å². The zero-order chi connectivity index (χ0) is 63.4. The van der Waals surface area contributed by atoms with E-state index in [1.54, 1.807) is 97.1 Å². The quantitative estimate of drug-likeness (QED) is 0.108. The minimum atomic E-state index is -2.64. The summed E-state index contributed by atoms with van der Waals surface area (Å²) >= 11 is 0. The average Bonchev–Trinajstić information content (AvgIpc) is 3.54. The van der Waals surface area contributed by atoms with Gasteiger partial charge in [-0.1, -0.05) is 267 Å². The first kappa shape index (κ1) is 89.0. The Balaban J connectivity index is -0.000000154. The van der Waals surface area contributed by atoms with Crippen molar-refractivity contribution in [1.29, 1.82) is 0 Å². The normalized spacial score (nSPS) is 9.15. The molecular formula is C62H97O14P5+4. The highest BCUT2D eigenvalue weighted by atomic mass is 31.2. The molecule has 4 atom stereocenters. The molecule has 0 aliphatic heterocycles. The zero-order valence-corrected chi connectivity index (χ0v) is 56.2. The highest BCUT2D eigenvalue weighted by Crippen LogP contribution is 2.29. The zero-order valence-electron chi connectivity index (χ0n) is 51.8. The Morgan fingerprint density at radius 3 is 0.506 bits per heavy atom. The fourth-order valence-corrected chi connectivity index (χ4v) is 5.54. The molecular weight excluding hydrogens is 1120 g/mol. The van der Waals surface area contributed by atoms with Crippen LogP contribution in [-0.2, 0) is 40.9 Å². The number of benzene rings is 7. The highest BCUT2D eigenvalue weighted by Gasteiger charge is 2.20. The van der Waals surface area contributed by atoms with E-state index >= 15 is 0 Å². The minimum absolute atomic E-state index is 0.551. The Morgan fingerprint density at radius 2 is 0.383 bits per heavy atom. The summed E-state index contributed by atoms with van der Waals surface area (Å²) in [5.74, 6) is 2.21. The molecule has 7 aromatic rings. The first-order chi connectivity index (χ1) is 39.3. The summed E-state index contributed by atoms with van der Waals surface area (Å²) in [5, 5.41) is 0. The van der Waals surface area contributed by atoms with E-state index in [0.717, 1.165) is 0 Å². The highest BCUT2D eigenvalue weighted by molar-refractivity contribution is 7.56. The van der Waals surface area contributed by atoms with Gasteiger partial charge in [0.25, 0.3) is 0 Å². The van der Waals surface area contributed by atoms with E-state index in [-0.39, 0.29) is 0 Å². The molecule has 81 heavy (non-hydrogen) atoms. The molecule has 0 aliphatic carbocycles. The van der Waals surface area contributed by atoms with Gasteiger partial charge in [0.2, 0.25) is 0 Å². The molecule has 0 amide bonds. The number of hydrogen-bond donors (Lipinski definition) is 1. The number of hydrogen-bond acceptors (Lipinski definition) is 13. The molecule has 19 heteroatoms. The molecule has 7 aromatic carbocycles. The summed E-state index contributed by atoms with van der Waals surface area (Å²) in [7, 11) is -5.32. The van der Waals surface area contributed by atoms with Crippen molar-refractivity contribution in [2.75, 3.05) is 41.8 Å². The van der Waals surface area contributed by atoms with Gasteiger partial charge in [-0.25, -0.2) is 18.1 Å². The molecule has 0 aliphatic rings. The van der Waals surface area contributed by atoms with E-state index in [4.69, 9.17) is 23.0 Å². The van der Waals surface area contributed by atoms with Crippen LogP contribution in [0.3, 0.4) is 0 Å². The number of rotatable bonds is 13. The van der Waals surface area contributed by atoms with Gasteiger partial charge in [0.05, 0.1) is 28.4 Å². The van der Waals surface area contributed by atoms with Crippen LogP contribution in [0.2, 0.25) is 0 Å². The van der Waals surface area contributed by atoms with E-state index in [1.807, 2.05) is 170 Å². The van der Waals surface area contributed by atoms with Gasteiger partial charge in [-0.05, 0) is 59.7 Å². The Kier molecular flexibility index (Phi) is 79.3. The Morgan fingerprint density at radius 1 is 0.272 bits per heavy atom. The predicted octanol–water partition coefficient (Wildman–Crippen LogP) is 22.2. The summed E-state index contributed by atoms with van der Waals surface area (Å²) in [6.45, 7) is 30.6. The van der Waals surface area contributed by atoms with Crippen LogP contribution < -0.4 is 18.1 Å². The molecule has 0 aromatic heterocycles. The molecule has 0 bridgehead atoms. The van der Waals surface area contributed by atoms with Crippen LogP contribution in [0.4, 0.5) is 0 Å². The Hall–Kier alpha value is -5.83. The van der Waals surface area contributed by atoms with E-state index in [9.17, 15) is 22.8 Å². The third-order valence-electron chi connectivity index (χ3n) is 6.84. The van der Waals surface area contributed by atoms with Gasteiger partial charge in [0, 0.05) is 31.6 Å². The van der Waals surface area contributed by atoms with Crippen molar-refractivity contribution in [3.8, 4) is 34.1 Å². The van der Waals surface area contributed by atoms with Crippen LogP contribution in [0.25, 0.3) is 11.1 Å².